The zero-order valence-corrected chi connectivity index (χ0v) is 10.3. The normalized spacial score (nSPS) is 12.9. The van der Waals surface area contributed by atoms with Crippen molar-refractivity contribution in [2.24, 2.45) is 0 Å². The third-order valence-electron chi connectivity index (χ3n) is 3.14. The number of aromatic nitrogens is 2. The molecule has 0 saturated heterocycles. The lowest BCUT2D eigenvalue weighted by Gasteiger charge is -2.12. The Kier molecular flexibility index (Phi) is 2.88. The summed E-state index contributed by atoms with van der Waals surface area (Å²) in [6, 6.07) is 4.02. The summed E-state index contributed by atoms with van der Waals surface area (Å²) >= 11 is 0. The van der Waals surface area contributed by atoms with Crippen LogP contribution in [0.4, 0.5) is 0 Å². The first kappa shape index (κ1) is 11.6. The van der Waals surface area contributed by atoms with Gasteiger partial charge in [0.2, 0.25) is 0 Å². The minimum absolute atomic E-state index is 0.0837. The molecule has 4 heteroatoms. The Morgan fingerprint density at radius 1 is 1.41 bits per heavy atom. The number of carbonyl (C=O) groups is 1. The molecule has 0 aliphatic rings. The molecule has 1 N–H and O–H groups in total. The Balaban J connectivity index is 2.48. The van der Waals surface area contributed by atoms with E-state index in [9.17, 15) is 4.79 Å². The van der Waals surface area contributed by atoms with Crippen molar-refractivity contribution in [3.8, 4) is 0 Å². The fourth-order valence-electron chi connectivity index (χ4n) is 1.98. The van der Waals surface area contributed by atoms with Crippen molar-refractivity contribution in [2.45, 2.75) is 33.2 Å². The summed E-state index contributed by atoms with van der Waals surface area (Å²) in [5, 5.41) is 8.82. The second-order valence-electron chi connectivity index (χ2n) is 4.52. The monoisotopic (exact) mass is 232 g/mol. The molecule has 1 unspecified atom stereocenters. The van der Waals surface area contributed by atoms with Gasteiger partial charge >= 0.3 is 5.97 Å². The van der Waals surface area contributed by atoms with Gasteiger partial charge < -0.3 is 9.67 Å². The van der Waals surface area contributed by atoms with Gasteiger partial charge in [-0.15, -0.1) is 0 Å². The van der Waals surface area contributed by atoms with Gasteiger partial charge in [0.25, 0.3) is 0 Å². The second kappa shape index (κ2) is 4.20. The highest BCUT2D eigenvalue weighted by atomic mass is 16.4. The summed E-state index contributed by atoms with van der Waals surface area (Å²) in [6.07, 6.45) is 1.83. The molecule has 0 saturated carbocycles. The fraction of sp³-hybridized carbons (Fsp3) is 0.385. The third kappa shape index (κ3) is 2.16. The van der Waals surface area contributed by atoms with Gasteiger partial charge in [-0.2, -0.15) is 0 Å². The van der Waals surface area contributed by atoms with Crippen molar-refractivity contribution in [1.29, 1.82) is 0 Å². The first-order valence-corrected chi connectivity index (χ1v) is 5.64. The van der Waals surface area contributed by atoms with E-state index >= 15 is 0 Å². The molecule has 0 fully saturated rings. The van der Waals surface area contributed by atoms with Gasteiger partial charge in [-0.3, -0.25) is 4.79 Å². The molecule has 4 nitrogen and oxygen atoms in total. The van der Waals surface area contributed by atoms with Crippen LogP contribution >= 0.6 is 0 Å². The molecule has 90 valence electrons. The number of carboxylic acid groups (broad SMARTS) is 1. The van der Waals surface area contributed by atoms with Crippen LogP contribution in [0.25, 0.3) is 11.0 Å². The number of nitrogens with zero attached hydrogens (tertiary/aromatic N) is 2. The number of aliphatic carboxylic acids is 1. The molecule has 2 rings (SSSR count). The zero-order valence-electron chi connectivity index (χ0n) is 10.3. The third-order valence-corrected chi connectivity index (χ3v) is 3.14. The lowest BCUT2D eigenvalue weighted by atomic mass is 10.1. The molecule has 17 heavy (non-hydrogen) atoms. The minimum atomic E-state index is -0.789. The van der Waals surface area contributed by atoms with Gasteiger partial charge in [0, 0.05) is 6.04 Å². The van der Waals surface area contributed by atoms with Crippen LogP contribution in [-0.2, 0) is 4.79 Å². The predicted octanol–water partition coefficient (Wildman–Crippen LogP) is 2.69. The lowest BCUT2D eigenvalue weighted by Crippen LogP contribution is -2.09. The number of imidazole rings is 1. The second-order valence-corrected chi connectivity index (χ2v) is 4.52. The molecular formula is C13H16N2O2. The maximum Gasteiger partial charge on any atom is 0.305 e. The number of aryl methyl sites for hydroxylation is 2. The molecule has 0 amide bonds. The van der Waals surface area contributed by atoms with E-state index in [1.807, 2.05) is 24.5 Å². The van der Waals surface area contributed by atoms with Crippen molar-refractivity contribution >= 4 is 17.0 Å². The highest BCUT2D eigenvalue weighted by Gasteiger charge is 2.13. The summed E-state index contributed by atoms with van der Waals surface area (Å²) in [6.45, 7) is 5.99. The minimum Gasteiger partial charge on any atom is -0.481 e. The predicted molar refractivity (Wildman–Crippen MR) is 66.2 cm³/mol. The van der Waals surface area contributed by atoms with Crippen LogP contribution in [-0.4, -0.2) is 20.6 Å². The Bertz CT molecular complexity index is 572. The standard InChI is InChI=1S/C13H16N2O2/c1-8-4-11-12(5-9(8)2)15(7-14-11)10(3)6-13(16)17/h4-5,7,10H,6H2,1-3H3,(H,16,17). The van der Waals surface area contributed by atoms with E-state index in [-0.39, 0.29) is 12.5 Å². The van der Waals surface area contributed by atoms with Crippen LogP contribution in [0.5, 0.6) is 0 Å². The largest absolute Gasteiger partial charge is 0.481 e. The Hall–Kier alpha value is -1.84. The molecule has 0 radical (unpaired) electrons. The van der Waals surface area contributed by atoms with Crippen molar-refractivity contribution in [1.82, 2.24) is 9.55 Å². The van der Waals surface area contributed by atoms with E-state index < -0.39 is 5.97 Å². The van der Waals surface area contributed by atoms with E-state index in [1.165, 1.54) is 11.1 Å². The van der Waals surface area contributed by atoms with Gasteiger partial charge in [-0.25, -0.2) is 4.98 Å². The molecule has 0 spiro atoms. The summed E-state index contributed by atoms with van der Waals surface area (Å²) in [4.78, 5) is 15.0. The molecule has 0 aliphatic carbocycles. The number of rotatable bonds is 3. The average Bonchev–Trinajstić information content (AvgIpc) is 2.60. The highest BCUT2D eigenvalue weighted by molar-refractivity contribution is 5.77. The molecule has 1 atom stereocenters. The Morgan fingerprint density at radius 2 is 2.06 bits per heavy atom. The molecule has 1 heterocycles. The molecule has 1 aromatic heterocycles. The summed E-state index contributed by atoms with van der Waals surface area (Å²) in [5.74, 6) is -0.789. The van der Waals surface area contributed by atoms with E-state index in [1.54, 1.807) is 6.33 Å². The molecule has 0 bridgehead atoms. The topological polar surface area (TPSA) is 55.1 Å². The van der Waals surface area contributed by atoms with E-state index in [0.717, 1.165) is 11.0 Å². The van der Waals surface area contributed by atoms with Gasteiger partial charge in [0.15, 0.2) is 0 Å². The molecular weight excluding hydrogens is 216 g/mol. The quantitative estimate of drug-likeness (QED) is 0.885. The number of benzene rings is 1. The van der Waals surface area contributed by atoms with Gasteiger partial charge in [-0.1, -0.05) is 0 Å². The van der Waals surface area contributed by atoms with Crippen LogP contribution in [0.3, 0.4) is 0 Å². The highest BCUT2D eigenvalue weighted by Crippen LogP contribution is 2.22. The van der Waals surface area contributed by atoms with Crippen LogP contribution in [0.15, 0.2) is 18.5 Å². The SMILES string of the molecule is Cc1cc2ncn(C(C)CC(=O)O)c2cc1C. The number of fused-ring (bicyclic) bond motifs is 1. The number of carboxylic acids is 1. The van der Waals surface area contributed by atoms with Crippen molar-refractivity contribution in [2.75, 3.05) is 0 Å². The summed E-state index contributed by atoms with van der Waals surface area (Å²) < 4.78 is 1.93. The maximum atomic E-state index is 10.7. The van der Waals surface area contributed by atoms with Gasteiger partial charge in [-0.05, 0) is 44.0 Å². The fourth-order valence-corrected chi connectivity index (χ4v) is 1.98. The molecule has 2 aromatic rings. The zero-order chi connectivity index (χ0) is 12.6. The first-order chi connectivity index (χ1) is 7.99. The van der Waals surface area contributed by atoms with Crippen molar-refractivity contribution < 1.29 is 9.90 Å². The van der Waals surface area contributed by atoms with Crippen molar-refractivity contribution in [3.63, 3.8) is 0 Å². The molecule has 1 aromatic carbocycles. The summed E-state index contributed by atoms with van der Waals surface area (Å²) in [7, 11) is 0. The van der Waals surface area contributed by atoms with Crippen LogP contribution in [0.1, 0.15) is 30.5 Å². The van der Waals surface area contributed by atoms with E-state index in [0.29, 0.717) is 0 Å². The maximum absolute atomic E-state index is 10.7. The molecule has 0 aliphatic heterocycles. The van der Waals surface area contributed by atoms with Crippen molar-refractivity contribution in [3.05, 3.63) is 29.6 Å². The summed E-state index contributed by atoms with van der Waals surface area (Å²) in [5.41, 5.74) is 4.32. The van der Waals surface area contributed by atoms with E-state index in [2.05, 4.69) is 18.0 Å². The van der Waals surface area contributed by atoms with Crippen LogP contribution < -0.4 is 0 Å². The smallest absolute Gasteiger partial charge is 0.305 e. The average molecular weight is 232 g/mol. The number of hydrogen-bond donors (Lipinski definition) is 1. The van der Waals surface area contributed by atoms with E-state index in [4.69, 9.17) is 5.11 Å². The van der Waals surface area contributed by atoms with Crippen LogP contribution in [0.2, 0.25) is 0 Å². The number of hydrogen-bond acceptors (Lipinski definition) is 2. The van der Waals surface area contributed by atoms with Gasteiger partial charge in [0.05, 0.1) is 23.8 Å². The van der Waals surface area contributed by atoms with Gasteiger partial charge in [0.1, 0.15) is 0 Å². The lowest BCUT2D eigenvalue weighted by molar-refractivity contribution is -0.137. The van der Waals surface area contributed by atoms with Crippen LogP contribution in [0, 0.1) is 13.8 Å². The Labute approximate surface area is 99.9 Å². The first-order valence-electron chi connectivity index (χ1n) is 5.64. The Morgan fingerprint density at radius 3 is 2.71 bits per heavy atom.